The Morgan fingerprint density at radius 2 is 1.06 bits per heavy atom. The van der Waals surface area contributed by atoms with E-state index in [9.17, 15) is 9.60 Å². The lowest BCUT2D eigenvalue weighted by Gasteiger charge is -2.28. The summed E-state index contributed by atoms with van der Waals surface area (Å²) in [6.07, 6.45) is 0. The lowest BCUT2D eigenvalue weighted by atomic mass is 10.0. The second-order valence-corrected chi connectivity index (χ2v) is 11.1. The van der Waals surface area contributed by atoms with E-state index in [4.69, 9.17) is 17.8 Å². The number of para-hydroxylation sites is 3. The summed E-state index contributed by atoms with van der Waals surface area (Å²) in [7, 11) is 0. The van der Waals surface area contributed by atoms with Gasteiger partial charge in [-0.25, -0.2) is 0 Å². The third kappa shape index (κ3) is 5.34. The molecule has 0 fully saturated rings. The second-order valence-electron chi connectivity index (χ2n) is 11.1. The van der Waals surface area contributed by atoms with E-state index in [1.54, 1.807) is 12.1 Å². The Bertz CT molecular complexity index is 3650. The monoisotopic (exact) mass is 658 g/mol. The number of hydrogen-bond acceptors (Lipinski definition) is 1. The number of fused-ring (bicyclic) bond motifs is 3. The molecule has 0 N–H and O–H groups in total. The van der Waals surface area contributed by atoms with Crippen LogP contribution in [0.5, 0.6) is 0 Å². The van der Waals surface area contributed by atoms with Gasteiger partial charge in [0.25, 0.3) is 0 Å². The highest BCUT2D eigenvalue weighted by Gasteiger charge is 2.18. The summed E-state index contributed by atoms with van der Waals surface area (Å²) in [5, 5.41) is 1.04. The molecule has 1 aromatic heterocycles. The van der Waals surface area contributed by atoms with Crippen molar-refractivity contribution in [3.63, 3.8) is 0 Å². The maximum atomic E-state index is 9.60. The highest BCUT2D eigenvalue weighted by Crippen LogP contribution is 2.42. The van der Waals surface area contributed by atoms with E-state index in [1.165, 1.54) is 6.07 Å². The van der Waals surface area contributed by atoms with E-state index < -0.39 is 149 Å². The van der Waals surface area contributed by atoms with Crippen molar-refractivity contribution in [2.45, 2.75) is 0 Å². The Morgan fingerprint density at radius 1 is 0.400 bits per heavy atom. The molecule has 0 atom stereocenters. The minimum atomic E-state index is -1.07. The van der Waals surface area contributed by atoms with Crippen molar-refractivity contribution in [1.29, 1.82) is 0 Å². The van der Waals surface area contributed by atoms with Crippen molar-refractivity contribution in [3.8, 4) is 39.1 Å². The van der Waals surface area contributed by atoms with Crippen LogP contribution in [0.15, 0.2) is 206 Å². The van der Waals surface area contributed by atoms with Crippen LogP contribution in [0.1, 0.15) is 27.4 Å². The molecule has 0 saturated carbocycles. The average molecular weight is 659 g/mol. The number of hydrogen-bond donors (Lipinski definition) is 0. The lowest BCUT2D eigenvalue weighted by molar-refractivity contribution is 1.18. The molecule has 0 amide bonds. The zero-order chi connectivity index (χ0) is 50.7. The molecule has 9 rings (SSSR count). The topological polar surface area (TPSA) is 8.17 Å². The van der Waals surface area contributed by atoms with Crippen LogP contribution < -0.4 is 4.90 Å². The van der Waals surface area contributed by atoms with E-state index in [1.807, 2.05) is 71.3 Å². The van der Waals surface area contributed by atoms with E-state index >= 15 is 0 Å². The van der Waals surface area contributed by atoms with Crippen molar-refractivity contribution in [1.82, 2.24) is 4.57 Å². The molecule has 0 aliphatic carbocycles. The summed E-state index contributed by atoms with van der Waals surface area (Å²) in [4.78, 5) is 0.510. The fraction of sp³-hybridized carbons (Fsp3) is 0. The predicted octanol–water partition coefficient (Wildman–Crippen LogP) is 13.3. The fourth-order valence-corrected chi connectivity index (χ4v) is 5.97. The molecule has 8 aromatic carbocycles. The molecule has 236 valence electrons. The number of nitrogens with zero attached hydrogens (tertiary/aromatic N) is 2. The van der Waals surface area contributed by atoms with Crippen molar-refractivity contribution < 1.29 is 27.4 Å². The Morgan fingerprint density at radius 3 is 1.88 bits per heavy atom. The third-order valence-corrected chi connectivity index (χ3v) is 8.19. The maximum Gasteiger partial charge on any atom is 0.0645 e. The smallest absolute Gasteiger partial charge is 0.0645 e. The molecule has 1 heterocycles. The Labute approximate surface area is 320 Å². The summed E-state index contributed by atoms with van der Waals surface area (Å²) in [6.45, 7) is 0. The van der Waals surface area contributed by atoms with Gasteiger partial charge in [-0.05, 0) is 88.3 Å². The molecule has 0 unspecified atom stereocenters. The molecule has 0 bridgehead atoms. The number of aromatic nitrogens is 1. The van der Waals surface area contributed by atoms with Gasteiger partial charge in [0, 0.05) is 33.4 Å². The van der Waals surface area contributed by atoms with Crippen LogP contribution in [-0.4, -0.2) is 4.57 Å². The van der Waals surface area contributed by atoms with Gasteiger partial charge in [-0.3, -0.25) is 0 Å². The van der Waals surface area contributed by atoms with Gasteiger partial charge in [0.05, 0.1) is 44.1 Å². The highest BCUT2D eigenvalue weighted by molar-refractivity contribution is 6.10. The van der Waals surface area contributed by atoms with Gasteiger partial charge >= 0.3 is 0 Å². The molecule has 0 aliphatic rings. The van der Waals surface area contributed by atoms with Gasteiger partial charge in [0.1, 0.15) is 0 Å². The number of rotatable bonds is 7. The zero-order valence-corrected chi connectivity index (χ0v) is 26.0. The van der Waals surface area contributed by atoms with Gasteiger partial charge in [-0.2, -0.15) is 0 Å². The first kappa shape index (κ1) is 15.3. The Balaban J connectivity index is 1.38. The minimum absolute atomic E-state index is 0.210. The first-order valence-electron chi connectivity index (χ1n) is 25.5. The molecule has 2 nitrogen and oxygen atoms in total. The molecule has 0 aliphatic heterocycles. The van der Waals surface area contributed by atoms with Crippen molar-refractivity contribution in [3.05, 3.63) is 206 Å². The quantitative estimate of drug-likeness (QED) is 0.165. The van der Waals surface area contributed by atoms with E-state index in [0.29, 0.717) is 32.4 Å². The van der Waals surface area contributed by atoms with Gasteiger partial charge < -0.3 is 9.47 Å². The molecule has 50 heavy (non-hydrogen) atoms. The average Bonchev–Trinajstić information content (AvgIpc) is 3.70. The van der Waals surface area contributed by atoms with Crippen molar-refractivity contribution in [2.75, 3.05) is 4.90 Å². The minimum Gasteiger partial charge on any atom is -0.310 e. The maximum absolute atomic E-state index is 9.60. The summed E-state index contributed by atoms with van der Waals surface area (Å²) in [5.74, 6) is 0. The van der Waals surface area contributed by atoms with E-state index in [2.05, 4.69) is 0 Å². The predicted molar refractivity (Wildman–Crippen MR) is 212 cm³/mol. The van der Waals surface area contributed by atoms with E-state index in [0.717, 1.165) is 11.1 Å². The van der Waals surface area contributed by atoms with Crippen LogP contribution in [0.25, 0.3) is 60.9 Å². The molecule has 2 heteroatoms. The first-order chi connectivity index (χ1) is 33.1. The number of benzene rings is 8. The standard InChI is InChI=1S/C48H34N2/c1-4-15-35(16-5-1)38-19-14-22-42(33-38)50-47-26-13-11-24-44(47)45-34-39(29-32-48(45)50)36-27-30-41(31-28-36)49(40-20-8-3-9-21-40)46-25-12-10-23-43(46)37-17-6-2-7-18-37/h1-34H/i2D,3D,6D,7D,8D,9D,10D,12D,17D,18D,20D,21D,23D,25D,27D,28D,29D,30D,31D,32D. The fourth-order valence-electron chi connectivity index (χ4n) is 5.97. The molecule has 0 saturated heterocycles. The van der Waals surface area contributed by atoms with Gasteiger partial charge in [-0.1, -0.05) is 145 Å². The molecule has 0 radical (unpaired) electrons. The van der Waals surface area contributed by atoms with Crippen LogP contribution in [0.3, 0.4) is 0 Å². The van der Waals surface area contributed by atoms with Gasteiger partial charge in [0.2, 0.25) is 0 Å². The Hall–Kier alpha value is -6.64. The zero-order valence-electron chi connectivity index (χ0n) is 46.0. The lowest BCUT2D eigenvalue weighted by Crippen LogP contribution is -2.11. The van der Waals surface area contributed by atoms with Gasteiger partial charge in [0.15, 0.2) is 0 Å². The van der Waals surface area contributed by atoms with Crippen LogP contribution >= 0.6 is 0 Å². The van der Waals surface area contributed by atoms with Crippen LogP contribution in [0.2, 0.25) is 0 Å². The van der Waals surface area contributed by atoms with Crippen LogP contribution in [0.4, 0.5) is 17.1 Å². The van der Waals surface area contributed by atoms with Crippen LogP contribution in [-0.2, 0) is 0 Å². The largest absolute Gasteiger partial charge is 0.310 e. The van der Waals surface area contributed by atoms with Crippen molar-refractivity contribution >= 4 is 38.9 Å². The molecular weight excluding hydrogens is 605 g/mol. The SMILES string of the molecule is [2H]c1c([2H])c([2H])c(-c2c([2H])c([2H])c([2H])c([2H])c2N(c2c([2H])c([2H])c([2H])c([2H])c2[2H])c2c([2H])c([2H])c(-c3cc4c5ccccc5n(-c5cccc(-c6ccccc6)c5)c4c([2H])c3[2H])c([2H])c2[2H])c([2H])c1[2H]. The van der Waals surface area contributed by atoms with Crippen molar-refractivity contribution in [2.24, 2.45) is 0 Å². The number of anilines is 3. The normalized spacial score (nSPS) is 16.8. The second kappa shape index (κ2) is 12.8. The molecule has 9 aromatic rings. The summed E-state index contributed by atoms with van der Waals surface area (Å²) in [5.41, 5.74) is -1.70. The third-order valence-electron chi connectivity index (χ3n) is 8.19. The van der Waals surface area contributed by atoms with E-state index in [-0.39, 0.29) is 11.6 Å². The first-order valence-corrected chi connectivity index (χ1v) is 15.5. The summed E-state index contributed by atoms with van der Waals surface area (Å²) >= 11 is 0. The Kier molecular flexibility index (Phi) is 3.90. The van der Waals surface area contributed by atoms with Crippen LogP contribution in [0, 0.1) is 0 Å². The van der Waals surface area contributed by atoms with Gasteiger partial charge in [-0.15, -0.1) is 0 Å². The molecular formula is C48H34N2. The summed E-state index contributed by atoms with van der Waals surface area (Å²) in [6, 6.07) is 7.78. The highest BCUT2D eigenvalue weighted by atomic mass is 15.1. The summed E-state index contributed by atoms with van der Waals surface area (Å²) < 4.78 is 181. The molecule has 0 spiro atoms.